The Morgan fingerprint density at radius 2 is 2.22 bits per heavy atom. The normalized spacial score (nSPS) is 10.9. The van der Waals surface area contributed by atoms with Gasteiger partial charge in [0.25, 0.3) is 0 Å². The fourth-order valence-corrected chi connectivity index (χ4v) is 2.58. The molecule has 3 nitrogen and oxygen atoms in total. The van der Waals surface area contributed by atoms with Gasteiger partial charge >= 0.3 is 0 Å². The smallest absolute Gasteiger partial charge is 0.220 e. The number of rotatable bonds is 8. The van der Waals surface area contributed by atoms with E-state index in [1.807, 2.05) is 0 Å². The number of hydrogen-bond donors (Lipinski definition) is 1. The van der Waals surface area contributed by atoms with Crippen LogP contribution in [0.2, 0.25) is 0 Å². The van der Waals surface area contributed by atoms with Crippen molar-refractivity contribution in [3.63, 3.8) is 0 Å². The Morgan fingerprint density at radius 3 is 2.83 bits per heavy atom. The Bertz CT molecular complexity index is 360. The molecule has 0 spiro atoms. The van der Waals surface area contributed by atoms with E-state index in [0.717, 1.165) is 30.1 Å². The molecule has 0 saturated heterocycles. The van der Waals surface area contributed by atoms with Crippen molar-refractivity contribution in [2.75, 3.05) is 6.54 Å². The topological polar surface area (TPSA) is 42.0 Å². The molecule has 0 atom stereocenters. The summed E-state index contributed by atoms with van der Waals surface area (Å²) >= 11 is 1.66. The van der Waals surface area contributed by atoms with E-state index in [1.54, 1.807) is 11.3 Å². The first kappa shape index (κ1) is 15.2. The van der Waals surface area contributed by atoms with Gasteiger partial charge in [0, 0.05) is 24.8 Å². The van der Waals surface area contributed by atoms with Gasteiger partial charge in [-0.2, -0.15) is 0 Å². The number of thiazole rings is 1. The van der Waals surface area contributed by atoms with Gasteiger partial charge in [0.2, 0.25) is 5.91 Å². The van der Waals surface area contributed by atoms with E-state index in [9.17, 15) is 4.79 Å². The van der Waals surface area contributed by atoms with Crippen molar-refractivity contribution in [3.8, 4) is 0 Å². The summed E-state index contributed by atoms with van der Waals surface area (Å²) in [4.78, 5) is 16.1. The van der Waals surface area contributed by atoms with Crippen LogP contribution in [0.3, 0.4) is 0 Å². The SMILES string of the molecule is CCCCCNC(=O)CCc1nc(C(C)C)cs1. The summed E-state index contributed by atoms with van der Waals surface area (Å²) in [6.45, 7) is 7.25. The number of aromatic nitrogens is 1. The average molecular weight is 268 g/mol. The second kappa shape index (κ2) is 8.25. The molecular formula is C14H24N2OS. The minimum Gasteiger partial charge on any atom is -0.356 e. The Balaban J connectivity index is 2.21. The Morgan fingerprint density at radius 1 is 1.44 bits per heavy atom. The van der Waals surface area contributed by atoms with Crippen LogP contribution in [0.15, 0.2) is 5.38 Å². The van der Waals surface area contributed by atoms with Crippen LogP contribution in [0.1, 0.15) is 63.1 Å². The predicted octanol–water partition coefficient (Wildman–Crippen LogP) is 3.51. The average Bonchev–Trinajstić information content (AvgIpc) is 2.81. The highest BCUT2D eigenvalue weighted by Crippen LogP contribution is 2.18. The summed E-state index contributed by atoms with van der Waals surface area (Å²) in [7, 11) is 0. The zero-order valence-corrected chi connectivity index (χ0v) is 12.5. The molecule has 0 aliphatic rings. The standard InChI is InChI=1S/C14H24N2OS/c1-4-5-6-9-15-13(17)7-8-14-16-12(10-18-14)11(2)3/h10-11H,4-9H2,1-3H3,(H,15,17). The molecule has 102 valence electrons. The highest BCUT2D eigenvalue weighted by Gasteiger charge is 2.07. The van der Waals surface area contributed by atoms with Crippen molar-refractivity contribution in [3.05, 3.63) is 16.1 Å². The van der Waals surface area contributed by atoms with E-state index < -0.39 is 0 Å². The quantitative estimate of drug-likeness (QED) is 0.733. The van der Waals surface area contributed by atoms with Gasteiger partial charge in [0.05, 0.1) is 10.7 Å². The number of nitrogens with one attached hydrogen (secondary N) is 1. The molecule has 18 heavy (non-hydrogen) atoms. The molecule has 0 radical (unpaired) electrons. The third-order valence-corrected chi connectivity index (χ3v) is 3.76. The molecule has 0 aromatic carbocycles. The van der Waals surface area contributed by atoms with Crippen molar-refractivity contribution < 1.29 is 4.79 Å². The van der Waals surface area contributed by atoms with Gasteiger partial charge in [0.1, 0.15) is 0 Å². The zero-order chi connectivity index (χ0) is 13.4. The Labute approximate surface area is 114 Å². The molecule has 1 rings (SSSR count). The monoisotopic (exact) mass is 268 g/mol. The minimum absolute atomic E-state index is 0.146. The van der Waals surface area contributed by atoms with Gasteiger partial charge in [-0.25, -0.2) is 4.98 Å². The molecule has 1 N–H and O–H groups in total. The van der Waals surface area contributed by atoms with Crippen molar-refractivity contribution in [1.82, 2.24) is 10.3 Å². The lowest BCUT2D eigenvalue weighted by molar-refractivity contribution is -0.121. The molecule has 1 heterocycles. The predicted molar refractivity (Wildman–Crippen MR) is 77.1 cm³/mol. The first-order chi connectivity index (χ1) is 8.63. The summed E-state index contributed by atoms with van der Waals surface area (Å²) in [5, 5.41) is 6.12. The van der Waals surface area contributed by atoms with Gasteiger partial charge in [-0.15, -0.1) is 11.3 Å². The first-order valence-electron chi connectivity index (χ1n) is 6.84. The zero-order valence-electron chi connectivity index (χ0n) is 11.7. The Hall–Kier alpha value is -0.900. The summed E-state index contributed by atoms with van der Waals surface area (Å²) < 4.78 is 0. The van der Waals surface area contributed by atoms with Gasteiger partial charge in [-0.05, 0) is 12.3 Å². The van der Waals surface area contributed by atoms with Gasteiger partial charge in [-0.3, -0.25) is 4.79 Å². The fraction of sp³-hybridized carbons (Fsp3) is 0.714. The lowest BCUT2D eigenvalue weighted by Gasteiger charge is -2.03. The van der Waals surface area contributed by atoms with Crippen LogP contribution in [-0.4, -0.2) is 17.4 Å². The van der Waals surface area contributed by atoms with Crippen LogP contribution in [-0.2, 0) is 11.2 Å². The maximum atomic E-state index is 11.6. The number of aryl methyl sites for hydroxylation is 1. The lowest BCUT2D eigenvalue weighted by Crippen LogP contribution is -2.24. The summed E-state index contributed by atoms with van der Waals surface area (Å²) in [5.41, 5.74) is 1.14. The van der Waals surface area contributed by atoms with Crippen LogP contribution < -0.4 is 5.32 Å². The van der Waals surface area contributed by atoms with E-state index in [-0.39, 0.29) is 5.91 Å². The van der Waals surface area contributed by atoms with Crippen LogP contribution in [0, 0.1) is 0 Å². The number of hydrogen-bond acceptors (Lipinski definition) is 3. The minimum atomic E-state index is 0.146. The van der Waals surface area contributed by atoms with E-state index >= 15 is 0 Å². The van der Waals surface area contributed by atoms with Crippen LogP contribution in [0.25, 0.3) is 0 Å². The van der Waals surface area contributed by atoms with Gasteiger partial charge in [-0.1, -0.05) is 33.6 Å². The first-order valence-corrected chi connectivity index (χ1v) is 7.72. The van der Waals surface area contributed by atoms with Crippen LogP contribution in [0.4, 0.5) is 0 Å². The summed E-state index contributed by atoms with van der Waals surface area (Å²) in [6, 6.07) is 0. The molecule has 1 amide bonds. The molecule has 0 aliphatic carbocycles. The fourth-order valence-electron chi connectivity index (χ4n) is 1.62. The van der Waals surface area contributed by atoms with E-state index in [2.05, 4.69) is 36.5 Å². The number of carbonyl (C=O) groups excluding carboxylic acids is 1. The molecule has 0 saturated carbocycles. The molecule has 1 aromatic heterocycles. The van der Waals surface area contributed by atoms with E-state index in [1.165, 1.54) is 12.8 Å². The maximum absolute atomic E-state index is 11.6. The number of nitrogens with zero attached hydrogens (tertiary/aromatic N) is 1. The third kappa shape index (κ3) is 5.63. The maximum Gasteiger partial charge on any atom is 0.220 e. The Kier molecular flexibility index (Phi) is 6.94. The van der Waals surface area contributed by atoms with Crippen LogP contribution >= 0.6 is 11.3 Å². The molecule has 4 heteroatoms. The summed E-state index contributed by atoms with van der Waals surface area (Å²) in [5.74, 6) is 0.616. The van der Waals surface area contributed by atoms with Gasteiger partial charge < -0.3 is 5.32 Å². The molecule has 0 fully saturated rings. The van der Waals surface area contributed by atoms with Crippen molar-refractivity contribution in [2.24, 2.45) is 0 Å². The van der Waals surface area contributed by atoms with Crippen LogP contribution in [0.5, 0.6) is 0 Å². The molecular weight excluding hydrogens is 244 g/mol. The summed E-state index contributed by atoms with van der Waals surface area (Å²) in [6.07, 6.45) is 4.77. The van der Waals surface area contributed by atoms with Crippen molar-refractivity contribution in [2.45, 2.75) is 58.8 Å². The van der Waals surface area contributed by atoms with Crippen molar-refractivity contribution in [1.29, 1.82) is 0 Å². The van der Waals surface area contributed by atoms with E-state index in [0.29, 0.717) is 12.3 Å². The highest BCUT2D eigenvalue weighted by atomic mass is 32.1. The molecule has 0 bridgehead atoms. The number of carbonyl (C=O) groups is 1. The van der Waals surface area contributed by atoms with Gasteiger partial charge in [0.15, 0.2) is 0 Å². The van der Waals surface area contributed by atoms with E-state index in [4.69, 9.17) is 0 Å². The molecule has 0 aliphatic heterocycles. The number of unbranched alkanes of at least 4 members (excludes halogenated alkanes) is 2. The van der Waals surface area contributed by atoms with Crippen molar-refractivity contribution >= 4 is 17.2 Å². The lowest BCUT2D eigenvalue weighted by atomic mass is 10.2. The third-order valence-electron chi connectivity index (χ3n) is 2.83. The second-order valence-electron chi connectivity index (χ2n) is 4.88. The highest BCUT2D eigenvalue weighted by molar-refractivity contribution is 7.09. The molecule has 0 unspecified atom stereocenters. The largest absolute Gasteiger partial charge is 0.356 e. The number of amides is 1. The molecule has 1 aromatic rings. The second-order valence-corrected chi connectivity index (χ2v) is 5.82.